The zero-order valence-corrected chi connectivity index (χ0v) is 17.7. The molecule has 1 amide bonds. The Labute approximate surface area is 176 Å². The molecule has 1 aliphatic heterocycles. The van der Waals surface area contributed by atoms with Crippen LogP contribution in [0.25, 0.3) is 22.0 Å². The lowest BCUT2D eigenvalue weighted by Gasteiger charge is -2.33. The molecule has 0 spiro atoms. The first kappa shape index (κ1) is 20.2. The largest absolute Gasteiger partial charge is 0.372 e. The first-order chi connectivity index (χ1) is 14.5. The quantitative estimate of drug-likeness (QED) is 0.673. The first-order valence-corrected chi connectivity index (χ1v) is 10.5. The number of amides is 1. The zero-order valence-electron chi connectivity index (χ0n) is 17.7. The number of piperidine rings is 1. The molecule has 0 bridgehead atoms. The molecule has 2 N–H and O–H groups in total. The summed E-state index contributed by atoms with van der Waals surface area (Å²) in [5, 5.41) is 8.05. The molecule has 4 rings (SSSR count). The van der Waals surface area contributed by atoms with E-state index in [0.717, 1.165) is 53.8 Å². The van der Waals surface area contributed by atoms with E-state index in [4.69, 9.17) is 0 Å². The summed E-state index contributed by atoms with van der Waals surface area (Å²) in [5.41, 5.74) is 1.76. The van der Waals surface area contributed by atoms with Crippen LogP contribution < -0.4 is 10.6 Å². The third-order valence-electron chi connectivity index (χ3n) is 5.79. The summed E-state index contributed by atoms with van der Waals surface area (Å²) in [6, 6.07) is 8.53. The minimum absolute atomic E-state index is 0.0448. The molecule has 7 heteroatoms. The number of likely N-dealkylation sites (tertiary alicyclic amines) is 1. The topological polar surface area (TPSA) is 83.0 Å². The van der Waals surface area contributed by atoms with E-state index in [1.807, 2.05) is 25.2 Å². The van der Waals surface area contributed by atoms with Crippen LogP contribution in [0.4, 0.5) is 11.6 Å². The molecule has 7 nitrogen and oxygen atoms in total. The molecule has 0 saturated carbocycles. The minimum atomic E-state index is 0.0448. The molecule has 30 heavy (non-hydrogen) atoms. The fourth-order valence-corrected chi connectivity index (χ4v) is 3.90. The van der Waals surface area contributed by atoms with Crippen LogP contribution in [0.5, 0.6) is 0 Å². The molecular formula is C23H28N6O. The molecule has 1 saturated heterocycles. The van der Waals surface area contributed by atoms with Gasteiger partial charge >= 0.3 is 0 Å². The molecule has 3 heterocycles. The van der Waals surface area contributed by atoms with Crippen LogP contribution in [0.2, 0.25) is 0 Å². The number of carbonyl (C=O) groups is 1. The zero-order chi connectivity index (χ0) is 21.1. The van der Waals surface area contributed by atoms with Crippen molar-refractivity contribution in [2.24, 2.45) is 5.92 Å². The third kappa shape index (κ3) is 4.41. The number of benzene rings is 1. The molecule has 0 aliphatic carbocycles. The SMILES string of the molecule is CNc1cncc(-c2ccc3cnc(NC(=O)C4CCN(C(C)C)CC4)cc3c2)n1. The highest BCUT2D eigenvalue weighted by Crippen LogP contribution is 2.26. The highest BCUT2D eigenvalue weighted by atomic mass is 16.1. The Hall–Kier alpha value is -3.06. The van der Waals surface area contributed by atoms with Gasteiger partial charge in [0.2, 0.25) is 5.91 Å². The number of rotatable bonds is 5. The molecule has 1 fully saturated rings. The molecule has 3 aromatic rings. The van der Waals surface area contributed by atoms with Crippen molar-refractivity contribution in [1.82, 2.24) is 19.9 Å². The number of fused-ring (bicyclic) bond motifs is 1. The highest BCUT2D eigenvalue weighted by molar-refractivity contribution is 5.95. The fraction of sp³-hybridized carbons (Fsp3) is 0.391. The van der Waals surface area contributed by atoms with E-state index in [2.05, 4.69) is 50.4 Å². The third-order valence-corrected chi connectivity index (χ3v) is 5.79. The van der Waals surface area contributed by atoms with Gasteiger partial charge in [0.05, 0.1) is 18.1 Å². The van der Waals surface area contributed by atoms with E-state index < -0.39 is 0 Å². The fourth-order valence-electron chi connectivity index (χ4n) is 3.90. The summed E-state index contributed by atoms with van der Waals surface area (Å²) < 4.78 is 0. The number of aromatic nitrogens is 3. The maximum absolute atomic E-state index is 12.7. The maximum atomic E-state index is 12.7. The molecular weight excluding hydrogens is 376 g/mol. The highest BCUT2D eigenvalue weighted by Gasteiger charge is 2.26. The van der Waals surface area contributed by atoms with E-state index in [1.165, 1.54) is 0 Å². The smallest absolute Gasteiger partial charge is 0.228 e. The second-order valence-electron chi connectivity index (χ2n) is 8.06. The number of nitrogens with zero attached hydrogens (tertiary/aromatic N) is 4. The lowest BCUT2D eigenvalue weighted by atomic mass is 9.95. The second kappa shape index (κ2) is 8.75. The van der Waals surface area contributed by atoms with Gasteiger partial charge < -0.3 is 15.5 Å². The van der Waals surface area contributed by atoms with Gasteiger partial charge in [-0.3, -0.25) is 9.78 Å². The Kier molecular flexibility index (Phi) is 5.90. The van der Waals surface area contributed by atoms with Crippen molar-refractivity contribution < 1.29 is 4.79 Å². The van der Waals surface area contributed by atoms with Crippen LogP contribution >= 0.6 is 0 Å². The Morgan fingerprint density at radius 1 is 1.07 bits per heavy atom. The Balaban J connectivity index is 1.50. The van der Waals surface area contributed by atoms with Crippen molar-refractivity contribution in [2.75, 3.05) is 30.8 Å². The number of carbonyl (C=O) groups excluding carboxylic acids is 1. The lowest BCUT2D eigenvalue weighted by Crippen LogP contribution is -2.41. The molecule has 156 valence electrons. The molecule has 2 aromatic heterocycles. The summed E-state index contributed by atoms with van der Waals surface area (Å²) in [6.45, 7) is 6.34. The van der Waals surface area contributed by atoms with E-state index in [1.54, 1.807) is 18.6 Å². The Bertz CT molecular complexity index is 1040. The van der Waals surface area contributed by atoms with Gasteiger partial charge in [0, 0.05) is 36.2 Å². The van der Waals surface area contributed by atoms with Crippen LogP contribution in [0.15, 0.2) is 42.9 Å². The van der Waals surface area contributed by atoms with Crippen LogP contribution in [-0.2, 0) is 4.79 Å². The second-order valence-corrected chi connectivity index (χ2v) is 8.06. The van der Waals surface area contributed by atoms with Crippen molar-refractivity contribution in [3.05, 3.63) is 42.9 Å². The van der Waals surface area contributed by atoms with Gasteiger partial charge in [0.1, 0.15) is 11.6 Å². The molecule has 1 aliphatic rings. The lowest BCUT2D eigenvalue weighted by molar-refractivity contribution is -0.121. The van der Waals surface area contributed by atoms with Gasteiger partial charge in [0.15, 0.2) is 0 Å². The summed E-state index contributed by atoms with van der Waals surface area (Å²) in [6.07, 6.45) is 7.01. The summed E-state index contributed by atoms with van der Waals surface area (Å²) in [5.74, 6) is 1.42. The van der Waals surface area contributed by atoms with Crippen LogP contribution in [0.1, 0.15) is 26.7 Å². The van der Waals surface area contributed by atoms with Crippen LogP contribution in [0, 0.1) is 5.92 Å². The number of pyridine rings is 1. The monoisotopic (exact) mass is 404 g/mol. The van der Waals surface area contributed by atoms with Crippen LogP contribution in [0.3, 0.4) is 0 Å². The minimum Gasteiger partial charge on any atom is -0.372 e. The van der Waals surface area contributed by atoms with Gasteiger partial charge in [-0.1, -0.05) is 12.1 Å². The predicted molar refractivity (Wildman–Crippen MR) is 120 cm³/mol. The summed E-state index contributed by atoms with van der Waals surface area (Å²) in [7, 11) is 1.82. The summed E-state index contributed by atoms with van der Waals surface area (Å²) >= 11 is 0. The molecule has 0 atom stereocenters. The number of nitrogens with one attached hydrogen (secondary N) is 2. The molecule has 0 radical (unpaired) electrons. The molecule has 1 aromatic carbocycles. The average Bonchev–Trinajstić information content (AvgIpc) is 2.78. The summed E-state index contributed by atoms with van der Waals surface area (Å²) in [4.78, 5) is 28.4. The van der Waals surface area contributed by atoms with Crippen LogP contribution in [-0.4, -0.2) is 51.9 Å². The van der Waals surface area contributed by atoms with Gasteiger partial charge in [-0.25, -0.2) is 9.97 Å². The first-order valence-electron chi connectivity index (χ1n) is 10.5. The van der Waals surface area contributed by atoms with Crippen molar-refractivity contribution in [2.45, 2.75) is 32.7 Å². The van der Waals surface area contributed by atoms with Gasteiger partial charge in [0.25, 0.3) is 0 Å². The molecule has 0 unspecified atom stereocenters. The van der Waals surface area contributed by atoms with E-state index in [-0.39, 0.29) is 11.8 Å². The van der Waals surface area contributed by atoms with Crippen molar-refractivity contribution in [3.8, 4) is 11.3 Å². The number of anilines is 2. The standard InChI is InChI=1S/C23H28N6O/c1-15(2)29-8-6-16(7-9-29)23(30)28-21-11-19-10-17(4-5-18(19)12-26-21)20-13-25-14-22(24-3)27-20/h4-5,10-16H,6-9H2,1-3H3,(H,24,27)(H,26,28,30). The number of hydrogen-bond donors (Lipinski definition) is 2. The van der Waals surface area contributed by atoms with Crippen molar-refractivity contribution in [3.63, 3.8) is 0 Å². The van der Waals surface area contributed by atoms with E-state index >= 15 is 0 Å². The number of hydrogen-bond acceptors (Lipinski definition) is 6. The van der Waals surface area contributed by atoms with E-state index in [0.29, 0.717) is 11.9 Å². The van der Waals surface area contributed by atoms with Gasteiger partial charge in [-0.05, 0) is 57.3 Å². The Morgan fingerprint density at radius 3 is 2.60 bits per heavy atom. The normalized spacial score (nSPS) is 15.5. The predicted octanol–water partition coefficient (Wildman–Crippen LogP) is 3.79. The van der Waals surface area contributed by atoms with Crippen molar-refractivity contribution in [1.29, 1.82) is 0 Å². The Morgan fingerprint density at radius 2 is 1.87 bits per heavy atom. The van der Waals surface area contributed by atoms with Gasteiger partial charge in [-0.2, -0.15) is 0 Å². The van der Waals surface area contributed by atoms with Gasteiger partial charge in [-0.15, -0.1) is 0 Å². The average molecular weight is 405 g/mol. The van der Waals surface area contributed by atoms with E-state index in [9.17, 15) is 4.79 Å². The maximum Gasteiger partial charge on any atom is 0.228 e. The van der Waals surface area contributed by atoms with Crippen molar-refractivity contribution >= 4 is 28.3 Å².